The summed E-state index contributed by atoms with van der Waals surface area (Å²) in [5.74, 6) is 0.505. The Morgan fingerprint density at radius 2 is 1.91 bits per heavy atom. The van der Waals surface area contributed by atoms with Crippen molar-refractivity contribution in [1.82, 2.24) is 19.9 Å². The average Bonchev–Trinajstić information content (AvgIpc) is 3.25. The third-order valence-electron chi connectivity index (χ3n) is 7.52. The molecule has 3 fully saturated rings. The van der Waals surface area contributed by atoms with Gasteiger partial charge >= 0.3 is 5.97 Å². The second-order valence-corrected chi connectivity index (χ2v) is 9.25. The van der Waals surface area contributed by atoms with Crippen molar-refractivity contribution in [3.63, 3.8) is 0 Å². The minimum absolute atomic E-state index is 0.0820. The lowest BCUT2D eigenvalue weighted by Crippen LogP contribution is -2.46. The molecular formula is C25H24FN5O2. The maximum atomic E-state index is 13.9. The van der Waals surface area contributed by atoms with Crippen LogP contribution in [0, 0.1) is 29.5 Å². The van der Waals surface area contributed by atoms with E-state index in [-0.39, 0.29) is 17.8 Å². The first kappa shape index (κ1) is 20.1. The molecule has 0 amide bonds. The van der Waals surface area contributed by atoms with Crippen molar-refractivity contribution < 1.29 is 14.3 Å². The number of aromatic nitrogens is 4. The normalized spacial score (nSPS) is 24.4. The molecule has 0 spiro atoms. The number of para-hydroxylation sites is 1. The highest BCUT2D eigenvalue weighted by molar-refractivity contribution is 5.95. The summed E-state index contributed by atoms with van der Waals surface area (Å²) in [4.78, 5) is 28.7. The van der Waals surface area contributed by atoms with E-state index in [1.54, 1.807) is 6.20 Å². The van der Waals surface area contributed by atoms with Crippen molar-refractivity contribution in [2.45, 2.75) is 25.7 Å². The van der Waals surface area contributed by atoms with Crippen LogP contribution in [0.5, 0.6) is 0 Å². The number of rotatable bonds is 5. The van der Waals surface area contributed by atoms with Gasteiger partial charge in [-0.3, -0.25) is 4.79 Å². The average molecular weight is 445 g/mol. The fourth-order valence-electron chi connectivity index (χ4n) is 5.96. The van der Waals surface area contributed by atoms with Crippen LogP contribution >= 0.6 is 0 Å². The summed E-state index contributed by atoms with van der Waals surface area (Å²) < 4.78 is 13.9. The van der Waals surface area contributed by atoms with E-state index in [1.807, 2.05) is 24.3 Å². The summed E-state index contributed by atoms with van der Waals surface area (Å²) in [7, 11) is 0. The molecule has 168 valence electrons. The third kappa shape index (κ3) is 3.41. The summed E-state index contributed by atoms with van der Waals surface area (Å²) in [5, 5.41) is 14.9. The van der Waals surface area contributed by atoms with E-state index < -0.39 is 11.8 Å². The number of H-pyrrole nitrogens is 1. The second-order valence-electron chi connectivity index (χ2n) is 9.25. The highest BCUT2D eigenvalue weighted by Gasteiger charge is 2.46. The van der Waals surface area contributed by atoms with Crippen molar-refractivity contribution in [2.75, 3.05) is 11.9 Å². The molecule has 3 saturated carbocycles. The minimum Gasteiger partial charge on any atom is -0.481 e. The van der Waals surface area contributed by atoms with E-state index >= 15 is 0 Å². The fraction of sp³-hybridized carbons (Fsp3) is 0.360. The van der Waals surface area contributed by atoms with Crippen LogP contribution in [0.25, 0.3) is 33.3 Å². The van der Waals surface area contributed by atoms with Gasteiger partial charge in [-0.05, 0) is 61.6 Å². The summed E-state index contributed by atoms with van der Waals surface area (Å²) in [6.07, 6.45) is 7.15. The van der Waals surface area contributed by atoms with Crippen LogP contribution in [-0.4, -0.2) is 37.6 Å². The topological polar surface area (TPSA) is 104 Å². The molecule has 1 aromatic carbocycles. The SMILES string of the molecule is O=C(O)C1C2CCC(CC2)[C@H]1CNc1nc(-c2c[nH]c3ncc(F)cc23)nc2ccccc12. The molecule has 3 aliphatic carbocycles. The minimum atomic E-state index is -0.683. The number of aromatic amines is 1. The number of hydrogen-bond donors (Lipinski definition) is 3. The molecular weight excluding hydrogens is 421 g/mol. The zero-order valence-corrected chi connectivity index (χ0v) is 18.0. The molecule has 2 bridgehead atoms. The monoisotopic (exact) mass is 445 g/mol. The Morgan fingerprint density at radius 3 is 2.73 bits per heavy atom. The molecule has 0 aliphatic heterocycles. The lowest BCUT2D eigenvalue weighted by Gasteiger charge is -2.46. The van der Waals surface area contributed by atoms with Gasteiger partial charge in [0.1, 0.15) is 17.3 Å². The van der Waals surface area contributed by atoms with Gasteiger partial charge in [0.2, 0.25) is 0 Å². The molecule has 33 heavy (non-hydrogen) atoms. The number of carboxylic acids is 1. The lowest BCUT2D eigenvalue weighted by molar-refractivity contribution is -0.151. The van der Waals surface area contributed by atoms with Crippen molar-refractivity contribution in [2.24, 2.45) is 23.7 Å². The Morgan fingerprint density at radius 1 is 1.12 bits per heavy atom. The molecule has 7 nitrogen and oxygen atoms in total. The maximum absolute atomic E-state index is 13.9. The van der Waals surface area contributed by atoms with E-state index in [1.165, 1.54) is 12.3 Å². The Kier molecular flexibility index (Phi) is 4.74. The summed E-state index contributed by atoms with van der Waals surface area (Å²) in [6.45, 7) is 0.558. The van der Waals surface area contributed by atoms with Crippen molar-refractivity contribution in [1.29, 1.82) is 0 Å². The predicted molar refractivity (Wildman–Crippen MR) is 123 cm³/mol. The molecule has 1 unspecified atom stereocenters. The lowest BCUT2D eigenvalue weighted by atomic mass is 9.58. The Labute approximate surface area is 189 Å². The van der Waals surface area contributed by atoms with E-state index in [9.17, 15) is 14.3 Å². The fourth-order valence-corrected chi connectivity index (χ4v) is 5.96. The highest BCUT2D eigenvalue weighted by Crippen LogP contribution is 2.49. The van der Waals surface area contributed by atoms with E-state index in [4.69, 9.17) is 9.97 Å². The van der Waals surface area contributed by atoms with Gasteiger partial charge in [-0.1, -0.05) is 12.1 Å². The van der Waals surface area contributed by atoms with Crippen molar-refractivity contribution in [3.8, 4) is 11.4 Å². The number of pyridine rings is 1. The number of carbonyl (C=O) groups is 1. The van der Waals surface area contributed by atoms with Gasteiger partial charge in [0, 0.05) is 29.1 Å². The van der Waals surface area contributed by atoms with Gasteiger partial charge in [-0.25, -0.2) is 19.3 Å². The number of nitrogens with zero attached hydrogens (tertiary/aromatic N) is 3. The number of carboxylic acid groups (broad SMARTS) is 1. The molecule has 8 heteroatoms. The smallest absolute Gasteiger partial charge is 0.307 e. The Hall–Kier alpha value is -3.55. The predicted octanol–water partition coefficient (Wildman–Crippen LogP) is 4.86. The van der Waals surface area contributed by atoms with Crippen LogP contribution in [0.2, 0.25) is 0 Å². The zero-order chi connectivity index (χ0) is 22.5. The van der Waals surface area contributed by atoms with Crippen LogP contribution in [0.15, 0.2) is 42.7 Å². The number of hydrogen-bond acceptors (Lipinski definition) is 5. The van der Waals surface area contributed by atoms with Crippen molar-refractivity contribution in [3.05, 3.63) is 48.5 Å². The Balaban J connectivity index is 1.38. The second kappa shape index (κ2) is 7.79. The third-order valence-corrected chi connectivity index (χ3v) is 7.52. The summed E-state index contributed by atoms with van der Waals surface area (Å²) in [6, 6.07) is 9.15. The number of fused-ring (bicyclic) bond motifs is 5. The van der Waals surface area contributed by atoms with Gasteiger partial charge in [-0.15, -0.1) is 0 Å². The summed E-state index contributed by atoms with van der Waals surface area (Å²) >= 11 is 0. The molecule has 3 heterocycles. The van der Waals surface area contributed by atoms with Crippen LogP contribution in [-0.2, 0) is 4.79 Å². The van der Waals surface area contributed by atoms with Crippen LogP contribution in [0.3, 0.4) is 0 Å². The molecule has 0 saturated heterocycles. The quantitative estimate of drug-likeness (QED) is 0.405. The van der Waals surface area contributed by atoms with E-state index in [0.29, 0.717) is 40.7 Å². The van der Waals surface area contributed by atoms with Gasteiger partial charge < -0.3 is 15.4 Å². The largest absolute Gasteiger partial charge is 0.481 e. The molecule has 2 atom stereocenters. The van der Waals surface area contributed by atoms with Crippen LogP contribution < -0.4 is 5.32 Å². The highest BCUT2D eigenvalue weighted by atomic mass is 19.1. The number of benzene rings is 1. The maximum Gasteiger partial charge on any atom is 0.307 e. The number of halogens is 1. The number of aliphatic carboxylic acids is 1. The molecule has 3 aromatic heterocycles. The van der Waals surface area contributed by atoms with Gasteiger partial charge in [0.15, 0.2) is 5.82 Å². The standard InChI is InChI=1S/C25H24FN5O2/c26-15-9-17-19(12-28-22(17)27-10-15)24-30-20-4-2-1-3-16(20)23(31-24)29-11-18-13-5-7-14(8-6-13)21(18)25(32)33/h1-4,9-10,12-14,18,21H,5-8,11H2,(H,27,28)(H,32,33)(H,29,30,31)/t13?,14?,18-,21?/m1/s1. The molecule has 7 rings (SSSR count). The number of anilines is 1. The first-order valence-electron chi connectivity index (χ1n) is 11.4. The summed E-state index contributed by atoms with van der Waals surface area (Å²) in [5.41, 5.74) is 2.01. The zero-order valence-electron chi connectivity index (χ0n) is 18.0. The Bertz CT molecular complexity index is 1360. The van der Waals surface area contributed by atoms with Gasteiger partial charge in [-0.2, -0.15) is 0 Å². The molecule has 3 aliphatic rings. The van der Waals surface area contributed by atoms with E-state index in [0.717, 1.165) is 36.6 Å². The van der Waals surface area contributed by atoms with Gasteiger partial charge in [0.25, 0.3) is 0 Å². The molecule has 0 radical (unpaired) electrons. The molecule has 4 aromatic rings. The van der Waals surface area contributed by atoms with Crippen molar-refractivity contribution >= 4 is 33.7 Å². The first-order chi connectivity index (χ1) is 16.1. The van der Waals surface area contributed by atoms with Crippen LogP contribution in [0.4, 0.5) is 10.2 Å². The first-order valence-corrected chi connectivity index (χ1v) is 11.4. The van der Waals surface area contributed by atoms with Crippen LogP contribution in [0.1, 0.15) is 25.7 Å². The van der Waals surface area contributed by atoms with E-state index in [2.05, 4.69) is 15.3 Å². The molecule has 3 N–H and O–H groups in total. The van der Waals surface area contributed by atoms with Gasteiger partial charge in [0.05, 0.1) is 17.6 Å². The number of nitrogens with one attached hydrogen (secondary N) is 2.